The highest BCUT2D eigenvalue weighted by molar-refractivity contribution is 7.89. The van der Waals surface area contributed by atoms with Crippen LogP contribution in [0.15, 0.2) is 23.1 Å². The number of nitrogens with zero attached hydrogens (tertiary/aromatic N) is 2. The fourth-order valence-corrected chi connectivity index (χ4v) is 2.31. The second-order valence-electron chi connectivity index (χ2n) is 4.19. The van der Waals surface area contributed by atoms with E-state index in [1.165, 1.54) is 12.1 Å². The van der Waals surface area contributed by atoms with Crippen molar-refractivity contribution in [2.45, 2.75) is 4.90 Å². The van der Waals surface area contributed by atoms with Gasteiger partial charge in [0.15, 0.2) is 0 Å². The number of hydrogen-bond acceptors (Lipinski definition) is 7. The van der Waals surface area contributed by atoms with E-state index in [0.717, 1.165) is 6.07 Å². The third-order valence-corrected chi connectivity index (χ3v) is 3.70. The van der Waals surface area contributed by atoms with Gasteiger partial charge in [0.05, 0.1) is 23.0 Å². The van der Waals surface area contributed by atoms with Crippen molar-refractivity contribution in [3.63, 3.8) is 0 Å². The number of sulfonamides is 1. The topological polar surface area (TPSA) is 128 Å². The predicted octanol–water partition coefficient (Wildman–Crippen LogP) is -0.0987. The minimum absolute atomic E-state index is 0.212. The molecule has 0 bridgehead atoms. The van der Waals surface area contributed by atoms with E-state index in [0.29, 0.717) is 26.3 Å². The summed E-state index contributed by atoms with van der Waals surface area (Å²) in [6.45, 7) is 2.20. The minimum atomic E-state index is -3.97. The van der Waals surface area contributed by atoms with Crippen LogP contribution in [0.2, 0.25) is 0 Å². The first-order valence-electron chi connectivity index (χ1n) is 5.78. The lowest BCUT2D eigenvalue weighted by molar-refractivity contribution is -0.384. The van der Waals surface area contributed by atoms with Gasteiger partial charge in [-0.1, -0.05) is 0 Å². The van der Waals surface area contributed by atoms with Crippen LogP contribution in [-0.4, -0.2) is 44.7 Å². The SMILES string of the molecule is NS(=O)(=O)c1ccc(NN2CCOCC2)c([N+](=O)[O-])c1. The Hall–Kier alpha value is -1.75. The van der Waals surface area contributed by atoms with Crippen molar-refractivity contribution in [1.29, 1.82) is 0 Å². The van der Waals surface area contributed by atoms with E-state index in [1.807, 2.05) is 0 Å². The lowest BCUT2D eigenvalue weighted by atomic mass is 10.3. The molecule has 9 nitrogen and oxygen atoms in total. The number of hydrogen-bond donors (Lipinski definition) is 2. The Balaban J connectivity index is 2.30. The van der Waals surface area contributed by atoms with Crippen LogP contribution < -0.4 is 10.6 Å². The maximum Gasteiger partial charge on any atom is 0.295 e. The maximum absolute atomic E-state index is 11.2. The number of primary sulfonamides is 1. The van der Waals surface area contributed by atoms with Crippen molar-refractivity contribution < 1.29 is 18.1 Å². The molecule has 0 spiro atoms. The number of nitrogens with one attached hydrogen (secondary N) is 1. The van der Waals surface area contributed by atoms with E-state index in [2.05, 4.69) is 5.43 Å². The summed E-state index contributed by atoms with van der Waals surface area (Å²) >= 11 is 0. The molecule has 1 heterocycles. The van der Waals surface area contributed by atoms with Gasteiger partial charge in [-0.3, -0.25) is 10.1 Å². The summed E-state index contributed by atoms with van der Waals surface area (Å²) in [6.07, 6.45) is 0. The van der Waals surface area contributed by atoms with E-state index >= 15 is 0 Å². The Morgan fingerprint density at radius 2 is 2.00 bits per heavy atom. The van der Waals surface area contributed by atoms with Gasteiger partial charge in [-0.2, -0.15) is 0 Å². The standard InChI is InChI=1S/C10H14N4O5S/c11-20(17,18)8-1-2-9(10(7-8)14(15)16)12-13-3-5-19-6-4-13/h1-2,7,12H,3-6H2,(H2,11,17,18). The molecular formula is C10H14N4O5S. The molecule has 0 unspecified atom stereocenters. The summed E-state index contributed by atoms with van der Waals surface area (Å²) in [5.74, 6) is 0. The van der Waals surface area contributed by atoms with Gasteiger partial charge in [-0.15, -0.1) is 0 Å². The monoisotopic (exact) mass is 302 g/mol. The Morgan fingerprint density at radius 3 is 2.55 bits per heavy atom. The molecule has 2 rings (SSSR count). The number of nitrogens with two attached hydrogens (primary N) is 1. The smallest absolute Gasteiger partial charge is 0.295 e. The molecular weight excluding hydrogens is 288 g/mol. The lowest BCUT2D eigenvalue weighted by Gasteiger charge is -2.27. The van der Waals surface area contributed by atoms with Gasteiger partial charge >= 0.3 is 0 Å². The van der Waals surface area contributed by atoms with Crippen LogP contribution in [0.4, 0.5) is 11.4 Å². The second-order valence-corrected chi connectivity index (χ2v) is 5.75. The second kappa shape index (κ2) is 5.71. The predicted molar refractivity (Wildman–Crippen MR) is 70.5 cm³/mol. The first kappa shape index (κ1) is 14.7. The van der Waals surface area contributed by atoms with E-state index in [4.69, 9.17) is 9.88 Å². The highest BCUT2D eigenvalue weighted by atomic mass is 32.2. The van der Waals surface area contributed by atoms with Crippen molar-refractivity contribution in [2.24, 2.45) is 5.14 Å². The van der Waals surface area contributed by atoms with E-state index in [-0.39, 0.29) is 16.3 Å². The highest BCUT2D eigenvalue weighted by Gasteiger charge is 2.21. The van der Waals surface area contributed by atoms with E-state index < -0.39 is 14.9 Å². The quantitative estimate of drug-likeness (QED) is 0.587. The van der Waals surface area contributed by atoms with Crippen LogP contribution in [0.3, 0.4) is 0 Å². The average molecular weight is 302 g/mol. The molecule has 1 aromatic rings. The number of nitro groups is 1. The molecule has 0 atom stereocenters. The van der Waals surface area contributed by atoms with Crippen molar-refractivity contribution in [1.82, 2.24) is 5.01 Å². The highest BCUT2D eigenvalue weighted by Crippen LogP contribution is 2.27. The van der Waals surface area contributed by atoms with Gasteiger partial charge in [0.2, 0.25) is 10.0 Å². The first-order valence-corrected chi connectivity index (χ1v) is 7.33. The van der Waals surface area contributed by atoms with Crippen molar-refractivity contribution in [3.05, 3.63) is 28.3 Å². The summed E-state index contributed by atoms with van der Waals surface area (Å²) in [5, 5.41) is 17.8. The molecule has 0 aliphatic carbocycles. The summed E-state index contributed by atoms with van der Waals surface area (Å²) in [5.41, 5.74) is 2.75. The number of benzene rings is 1. The van der Waals surface area contributed by atoms with Gasteiger partial charge < -0.3 is 10.2 Å². The van der Waals surface area contributed by atoms with Crippen LogP contribution >= 0.6 is 0 Å². The first-order chi connectivity index (χ1) is 9.38. The van der Waals surface area contributed by atoms with Gasteiger partial charge in [0.25, 0.3) is 5.69 Å². The van der Waals surface area contributed by atoms with E-state index in [9.17, 15) is 18.5 Å². The fourth-order valence-electron chi connectivity index (χ4n) is 1.78. The number of rotatable bonds is 4. The van der Waals surface area contributed by atoms with Crippen LogP contribution in [0, 0.1) is 10.1 Å². The zero-order valence-corrected chi connectivity index (χ0v) is 11.3. The van der Waals surface area contributed by atoms with Gasteiger partial charge in [0, 0.05) is 19.2 Å². The minimum Gasteiger partial charge on any atom is -0.379 e. The lowest BCUT2D eigenvalue weighted by Crippen LogP contribution is -2.40. The number of morpholine rings is 1. The van der Waals surface area contributed by atoms with Crippen LogP contribution in [0.1, 0.15) is 0 Å². The fraction of sp³-hybridized carbons (Fsp3) is 0.400. The summed E-state index contributed by atoms with van der Waals surface area (Å²) in [4.78, 5) is 10.1. The Bertz CT molecular complexity index is 612. The average Bonchev–Trinajstić information content (AvgIpc) is 2.38. The van der Waals surface area contributed by atoms with Crippen molar-refractivity contribution >= 4 is 21.4 Å². The zero-order chi connectivity index (χ0) is 14.8. The molecule has 1 fully saturated rings. The van der Waals surface area contributed by atoms with Crippen molar-refractivity contribution in [3.8, 4) is 0 Å². The number of anilines is 1. The normalized spacial score (nSPS) is 16.9. The van der Waals surface area contributed by atoms with Crippen LogP contribution in [0.25, 0.3) is 0 Å². The Labute approximate surface area is 115 Å². The molecule has 1 aliphatic heterocycles. The molecule has 110 valence electrons. The Morgan fingerprint density at radius 1 is 1.35 bits per heavy atom. The van der Waals surface area contributed by atoms with E-state index in [1.54, 1.807) is 5.01 Å². The molecule has 3 N–H and O–H groups in total. The largest absolute Gasteiger partial charge is 0.379 e. The molecule has 0 radical (unpaired) electrons. The van der Waals surface area contributed by atoms with Gasteiger partial charge in [-0.25, -0.2) is 18.6 Å². The third-order valence-electron chi connectivity index (χ3n) is 2.78. The number of hydrazine groups is 1. The maximum atomic E-state index is 11.2. The Kier molecular flexibility index (Phi) is 4.18. The summed E-state index contributed by atoms with van der Waals surface area (Å²) < 4.78 is 27.6. The molecule has 1 saturated heterocycles. The molecule has 0 saturated carbocycles. The summed E-state index contributed by atoms with van der Waals surface area (Å²) in [7, 11) is -3.97. The third kappa shape index (κ3) is 3.42. The van der Waals surface area contributed by atoms with Crippen molar-refractivity contribution in [2.75, 3.05) is 31.7 Å². The summed E-state index contributed by atoms with van der Waals surface area (Å²) in [6, 6.07) is 3.50. The van der Waals surface area contributed by atoms with Gasteiger partial charge in [-0.05, 0) is 12.1 Å². The molecule has 0 amide bonds. The molecule has 10 heteroatoms. The zero-order valence-electron chi connectivity index (χ0n) is 10.5. The number of nitro benzene ring substituents is 1. The number of ether oxygens (including phenoxy) is 1. The molecule has 1 aromatic carbocycles. The van der Waals surface area contributed by atoms with Gasteiger partial charge in [0.1, 0.15) is 5.69 Å². The van der Waals surface area contributed by atoms with Crippen LogP contribution in [-0.2, 0) is 14.8 Å². The molecule has 1 aliphatic rings. The molecule has 20 heavy (non-hydrogen) atoms. The van der Waals surface area contributed by atoms with Crippen LogP contribution in [0.5, 0.6) is 0 Å². The molecule has 0 aromatic heterocycles.